The van der Waals surface area contributed by atoms with Crippen LogP contribution in [0.25, 0.3) is 0 Å². The van der Waals surface area contributed by atoms with E-state index in [4.69, 9.17) is 15.2 Å². The number of carbonyl (C=O) groups excluding carboxylic acids is 1. The number of nitrogens with two attached hydrogens (primary N) is 1. The number of hydrogen-bond donors (Lipinski definition) is 2. The molecule has 0 spiro atoms. The zero-order chi connectivity index (χ0) is 15.2. The van der Waals surface area contributed by atoms with Crippen molar-refractivity contribution in [3.8, 4) is 11.5 Å². The van der Waals surface area contributed by atoms with Crippen LogP contribution in [0.15, 0.2) is 18.2 Å². The molecule has 1 aromatic rings. The van der Waals surface area contributed by atoms with Crippen molar-refractivity contribution in [2.75, 3.05) is 20.8 Å². The molecule has 5 nitrogen and oxygen atoms in total. The van der Waals surface area contributed by atoms with E-state index in [9.17, 15) is 4.79 Å². The third-order valence-electron chi connectivity index (χ3n) is 4.02. The van der Waals surface area contributed by atoms with Gasteiger partial charge < -0.3 is 20.5 Å². The number of hydrogen-bond acceptors (Lipinski definition) is 4. The van der Waals surface area contributed by atoms with Gasteiger partial charge in [-0.3, -0.25) is 4.79 Å². The summed E-state index contributed by atoms with van der Waals surface area (Å²) in [6.45, 7) is 0.681. The van der Waals surface area contributed by atoms with Crippen molar-refractivity contribution in [3.05, 3.63) is 23.8 Å². The van der Waals surface area contributed by atoms with Crippen LogP contribution in [-0.4, -0.2) is 32.7 Å². The van der Waals surface area contributed by atoms with Gasteiger partial charge in [-0.2, -0.15) is 0 Å². The molecule has 1 aliphatic rings. The molecule has 5 heteroatoms. The molecule has 3 N–H and O–H groups in total. The van der Waals surface area contributed by atoms with Crippen LogP contribution in [0.4, 0.5) is 0 Å². The summed E-state index contributed by atoms with van der Waals surface area (Å²) in [5, 5.41) is 2.99. The molecule has 0 radical (unpaired) electrons. The van der Waals surface area contributed by atoms with Gasteiger partial charge in [0.25, 0.3) is 5.91 Å². The number of ether oxygens (including phenoxy) is 2. The Morgan fingerprint density at radius 2 is 2.05 bits per heavy atom. The lowest BCUT2D eigenvalue weighted by molar-refractivity contribution is 0.0942. The van der Waals surface area contributed by atoms with Crippen LogP contribution in [0.2, 0.25) is 0 Å². The minimum Gasteiger partial charge on any atom is -0.493 e. The maximum atomic E-state index is 12.2. The Bertz CT molecular complexity index is 490. The average Bonchev–Trinajstić information content (AvgIpc) is 2.52. The summed E-state index contributed by atoms with van der Waals surface area (Å²) in [4.78, 5) is 12.2. The number of nitrogens with one attached hydrogen (secondary N) is 1. The molecular weight excluding hydrogens is 268 g/mol. The second kappa shape index (κ2) is 7.31. The summed E-state index contributed by atoms with van der Waals surface area (Å²) in [5.41, 5.74) is 6.55. The third kappa shape index (κ3) is 4.11. The highest BCUT2D eigenvalue weighted by atomic mass is 16.5. The van der Waals surface area contributed by atoms with Crippen LogP contribution < -0.4 is 20.5 Å². The lowest BCUT2D eigenvalue weighted by Crippen LogP contribution is -2.35. The van der Waals surface area contributed by atoms with E-state index >= 15 is 0 Å². The summed E-state index contributed by atoms with van der Waals surface area (Å²) in [7, 11) is 3.13. The van der Waals surface area contributed by atoms with E-state index in [1.807, 2.05) is 0 Å². The first-order valence-corrected chi connectivity index (χ1v) is 7.40. The Balaban J connectivity index is 1.93. The molecule has 2 atom stereocenters. The normalized spacial score (nSPS) is 21.7. The number of methoxy groups -OCH3 is 2. The highest BCUT2D eigenvalue weighted by Gasteiger charge is 2.20. The van der Waals surface area contributed by atoms with Crippen molar-refractivity contribution in [1.82, 2.24) is 5.32 Å². The lowest BCUT2D eigenvalue weighted by atomic mass is 9.86. The van der Waals surface area contributed by atoms with Gasteiger partial charge in [-0.25, -0.2) is 0 Å². The second-order valence-corrected chi connectivity index (χ2v) is 5.57. The predicted octanol–water partition coefficient (Wildman–Crippen LogP) is 1.95. The Morgan fingerprint density at radius 3 is 2.71 bits per heavy atom. The zero-order valence-electron chi connectivity index (χ0n) is 12.7. The molecule has 0 saturated heterocycles. The molecule has 116 valence electrons. The Hall–Kier alpha value is -1.75. The summed E-state index contributed by atoms with van der Waals surface area (Å²) >= 11 is 0. The van der Waals surface area contributed by atoms with Crippen molar-refractivity contribution in [3.63, 3.8) is 0 Å². The molecule has 21 heavy (non-hydrogen) atoms. The molecule has 1 saturated carbocycles. The van der Waals surface area contributed by atoms with E-state index in [0.29, 0.717) is 29.5 Å². The van der Waals surface area contributed by atoms with Gasteiger partial charge in [0.05, 0.1) is 14.2 Å². The lowest BCUT2D eigenvalue weighted by Gasteiger charge is -2.26. The summed E-state index contributed by atoms with van der Waals surface area (Å²) < 4.78 is 10.4. The van der Waals surface area contributed by atoms with E-state index < -0.39 is 0 Å². The van der Waals surface area contributed by atoms with Gasteiger partial charge in [-0.05, 0) is 43.4 Å². The first-order valence-electron chi connectivity index (χ1n) is 7.40. The molecule has 1 aliphatic carbocycles. The van der Waals surface area contributed by atoms with Gasteiger partial charge in [0, 0.05) is 18.2 Å². The smallest absolute Gasteiger partial charge is 0.251 e. The van der Waals surface area contributed by atoms with Crippen LogP contribution in [0.3, 0.4) is 0 Å². The standard InChI is InChI=1S/C16H24N2O3/c1-20-14-7-6-12(9-15(14)21-2)16(19)18-10-11-4-3-5-13(17)8-11/h6-7,9,11,13H,3-5,8,10,17H2,1-2H3,(H,18,19). The van der Waals surface area contributed by atoms with E-state index in [0.717, 1.165) is 25.7 Å². The van der Waals surface area contributed by atoms with Crippen LogP contribution >= 0.6 is 0 Å². The fourth-order valence-electron chi connectivity index (χ4n) is 2.83. The molecule has 2 rings (SSSR count). The highest BCUT2D eigenvalue weighted by molar-refractivity contribution is 5.94. The maximum absolute atomic E-state index is 12.2. The number of rotatable bonds is 5. The molecule has 0 aliphatic heterocycles. The van der Waals surface area contributed by atoms with Crippen LogP contribution in [0.1, 0.15) is 36.0 Å². The average molecular weight is 292 g/mol. The molecule has 1 fully saturated rings. The summed E-state index contributed by atoms with van der Waals surface area (Å²) in [6.07, 6.45) is 4.38. The first kappa shape index (κ1) is 15.6. The van der Waals surface area contributed by atoms with Crippen molar-refractivity contribution in [1.29, 1.82) is 0 Å². The van der Waals surface area contributed by atoms with Gasteiger partial charge in [0.15, 0.2) is 11.5 Å². The predicted molar refractivity (Wildman–Crippen MR) is 81.8 cm³/mol. The zero-order valence-corrected chi connectivity index (χ0v) is 12.7. The van der Waals surface area contributed by atoms with E-state index in [1.165, 1.54) is 0 Å². The first-order chi connectivity index (χ1) is 10.1. The van der Waals surface area contributed by atoms with E-state index in [2.05, 4.69) is 5.32 Å². The molecule has 1 aromatic carbocycles. The minimum atomic E-state index is -0.0879. The largest absolute Gasteiger partial charge is 0.493 e. The van der Waals surface area contributed by atoms with Gasteiger partial charge in [0.1, 0.15) is 0 Å². The Kier molecular flexibility index (Phi) is 5.44. The minimum absolute atomic E-state index is 0.0879. The van der Waals surface area contributed by atoms with Gasteiger partial charge in [0.2, 0.25) is 0 Å². The Labute approximate surface area is 125 Å². The second-order valence-electron chi connectivity index (χ2n) is 5.57. The number of amides is 1. The summed E-state index contributed by atoms with van der Waals surface area (Å²) in [5.74, 6) is 1.57. The topological polar surface area (TPSA) is 73.6 Å². The van der Waals surface area contributed by atoms with Crippen molar-refractivity contribution >= 4 is 5.91 Å². The fourth-order valence-corrected chi connectivity index (χ4v) is 2.83. The summed E-state index contributed by atoms with van der Waals surface area (Å²) in [6, 6.07) is 5.45. The SMILES string of the molecule is COc1ccc(C(=O)NCC2CCCC(N)C2)cc1OC. The van der Waals surface area contributed by atoms with Gasteiger partial charge in [-0.15, -0.1) is 0 Å². The van der Waals surface area contributed by atoms with Gasteiger partial charge in [-0.1, -0.05) is 6.42 Å². The molecule has 0 heterocycles. The monoisotopic (exact) mass is 292 g/mol. The van der Waals surface area contributed by atoms with Crippen LogP contribution in [0, 0.1) is 5.92 Å². The van der Waals surface area contributed by atoms with Crippen molar-refractivity contribution in [2.24, 2.45) is 11.7 Å². The molecule has 0 bridgehead atoms. The fraction of sp³-hybridized carbons (Fsp3) is 0.562. The maximum Gasteiger partial charge on any atom is 0.251 e. The molecular formula is C16H24N2O3. The highest BCUT2D eigenvalue weighted by Crippen LogP contribution is 2.27. The third-order valence-corrected chi connectivity index (χ3v) is 4.02. The number of carbonyl (C=O) groups is 1. The number of benzene rings is 1. The van der Waals surface area contributed by atoms with Crippen LogP contribution in [0.5, 0.6) is 11.5 Å². The Morgan fingerprint density at radius 1 is 1.29 bits per heavy atom. The quantitative estimate of drug-likeness (QED) is 0.870. The molecule has 2 unspecified atom stereocenters. The van der Waals surface area contributed by atoms with Crippen LogP contribution in [-0.2, 0) is 0 Å². The van der Waals surface area contributed by atoms with Gasteiger partial charge >= 0.3 is 0 Å². The molecule has 1 amide bonds. The van der Waals surface area contributed by atoms with Crippen molar-refractivity contribution < 1.29 is 14.3 Å². The van der Waals surface area contributed by atoms with Crippen molar-refractivity contribution in [2.45, 2.75) is 31.7 Å². The van der Waals surface area contributed by atoms with E-state index in [1.54, 1.807) is 32.4 Å². The van der Waals surface area contributed by atoms with E-state index in [-0.39, 0.29) is 11.9 Å². The molecule has 0 aromatic heterocycles.